The number of benzene rings is 1. The predicted molar refractivity (Wildman–Crippen MR) is 87.2 cm³/mol. The zero-order chi connectivity index (χ0) is 17.7. The van der Waals surface area contributed by atoms with Crippen LogP contribution in [-0.4, -0.2) is 33.4 Å². The van der Waals surface area contributed by atoms with Gasteiger partial charge in [-0.1, -0.05) is 24.6 Å². The molecule has 7 heteroatoms. The van der Waals surface area contributed by atoms with E-state index in [0.717, 1.165) is 6.42 Å². The third-order valence-electron chi connectivity index (χ3n) is 4.45. The van der Waals surface area contributed by atoms with Crippen LogP contribution in [0.5, 0.6) is 0 Å². The van der Waals surface area contributed by atoms with Crippen molar-refractivity contribution in [2.75, 3.05) is 6.54 Å². The minimum Gasteiger partial charge on any atom is -0.481 e. The van der Waals surface area contributed by atoms with Crippen LogP contribution in [0.2, 0.25) is 0 Å². The topological polar surface area (TPSA) is 101 Å². The molecule has 1 saturated carbocycles. The summed E-state index contributed by atoms with van der Waals surface area (Å²) in [6.45, 7) is 4.06. The Labute approximate surface area is 139 Å². The van der Waals surface area contributed by atoms with Crippen molar-refractivity contribution in [1.82, 2.24) is 4.90 Å². The van der Waals surface area contributed by atoms with Gasteiger partial charge in [0.25, 0.3) is 5.69 Å². The number of nitro benzene ring substituents is 1. The van der Waals surface area contributed by atoms with Crippen molar-refractivity contribution in [3.05, 3.63) is 52.6 Å². The first-order valence-corrected chi connectivity index (χ1v) is 7.73. The molecule has 128 valence electrons. The van der Waals surface area contributed by atoms with E-state index >= 15 is 0 Å². The van der Waals surface area contributed by atoms with E-state index in [1.807, 2.05) is 0 Å². The van der Waals surface area contributed by atoms with Gasteiger partial charge in [0.15, 0.2) is 0 Å². The molecular weight excluding hydrogens is 312 g/mol. The van der Waals surface area contributed by atoms with Gasteiger partial charge >= 0.3 is 5.97 Å². The summed E-state index contributed by atoms with van der Waals surface area (Å²) in [6, 6.07) is 6.07. The molecule has 0 aliphatic heterocycles. The highest BCUT2D eigenvalue weighted by atomic mass is 16.6. The van der Waals surface area contributed by atoms with Crippen molar-refractivity contribution in [3.8, 4) is 0 Å². The van der Waals surface area contributed by atoms with Crippen LogP contribution >= 0.6 is 0 Å². The number of carboxylic acids is 1. The lowest BCUT2D eigenvalue weighted by atomic mass is 9.66. The molecule has 1 aromatic rings. The Kier molecular flexibility index (Phi) is 5.33. The van der Waals surface area contributed by atoms with Crippen LogP contribution in [-0.2, 0) is 16.1 Å². The van der Waals surface area contributed by atoms with Gasteiger partial charge in [0.05, 0.1) is 10.3 Å². The van der Waals surface area contributed by atoms with Gasteiger partial charge in [0.2, 0.25) is 5.91 Å². The second-order valence-corrected chi connectivity index (χ2v) is 6.11. The third kappa shape index (κ3) is 3.79. The maximum absolute atomic E-state index is 12.6. The number of hydrogen-bond acceptors (Lipinski definition) is 4. The van der Waals surface area contributed by atoms with Gasteiger partial charge in [-0.3, -0.25) is 19.7 Å². The summed E-state index contributed by atoms with van der Waals surface area (Å²) in [5.74, 6) is -1.21. The average molecular weight is 332 g/mol. The molecule has 0 radical (unpaired) electrons. The highest BCUT2D eigenvalue weighted by Gasteiger charge is 2.46. The fourth-order valence-corrected chi connectivity index (χ4v) is 2.87. The molecule has 1 aromatic carbocycles. The van der Waals surface area contributed by atoms with Gasteiger partial charge < -0.3 is 10.0 Å². The summed E-state index contributed by atoms with van der Waals surface area (Å²) >= 11 is 0. The minimum atomic E-state index is -0.959. The molecule has 7 nitrogen and oxygen atoms in total. The number of nitrogens with zero attached hydrogens (tertiary/aromatic N) is 2. The second kappa shape index (κ2) is 7.25. The van der Waals surface area contributed by atoms with Crippen LogP contribution in [0.3, 0.4) is 0 Å². The zero-order valence-electron chi connectivity index (χ0n) is 13.3. The number of hydrogen-bond donors (Lipinski definition) is 1. The number of aliphatic carboxylic acids is 1. The first-order valence-electron chi connectivity index (χ1n) is 7.73. The summed E-state index contributed by atoms with van der Waals surface area (Å²) in [7, 11) is 0. The first kappa shape index (κ1) is 17.7. The summed E-state index contributed by atoms with van der Waals surface area (Å²) in [4.78, 5) is 35.8. The van der Waals surface area contributed by atoms with Gasteiger partial charge in [-0.15, -0.1) is 6.58 Å². The highest BCUT2D eigenvalue weighted by Crippen LogP contribution is 2.44. The molecule has 1 aliphatic carbocycles. The Hall–Kier alpha value is -2.70. The van der Waals surface area contributed by atoms with Crippen LogP contribution in [0.25, 0.3) is 0 Å². The highest BCUT2D eigenvalue weighted by molar-refractivity contribution is 5.85. The van der Waals surface area contributed by atoms with Gasteiger partial charge in [-0.2, -0.15) is 0 Å². The lowest BCUT2D eigenvalue weighted by molar-refractivity contribution is -0.384. The summed E-state index contributed by atoms with van der Waals surface area (Å²) in [5.41, 5.74) is -0.379. The smallest absolute Gasteiger partial charge is 0.310 e. The van der Waals surface area contributed by atoms with E-state index in [4.69, 9.17) is 0 Å². The number of carbonyl (C=O) groups excluding carboxylic acids is 1. The standard InChI is InChI=1S/C17H20N2O5/c1-2-9-18(12-13-5-3-6-14(10-13)19(23)24)15(20)11-17(16(21)22)7-4-8-17/h2-3,5-6,10H,1,4,7-9,11-12H2,(H,21,22). The van der Waals surface area contributed by atoms with Crippen molar-refractivity contribution in [2.45, 2.75) is 32.2 Å². The SMILES string of the molecule is C=CCN(Cc1cccc([N+](=O)[O-])c1)C(=O)CC1(C(=O)O)CCC1. The quantitative estimate of drug-likeness (QED) is 0.448. The van der Waals surface area contributed by atoms with Gasteiger partial charge in [0.1, 0.15) is 0 Å². The lowest BCUT2D eigenvalue weighted by Gasteiger charge is -2.38. The number of non-ortho nitro benzene ring substituents is 1. The van der Waals surface area contributed by atoms with Crippen molar-refractivity contribution < 1.29 is 19.6 Å². The summed E-state index contributed by atoms with van der Waals surface area (Å²) < 4.78 is 0. The largest absolute Gasteiger partial charge is 0.481 e. The van der Waals surface area contributed by atoms with Crippen LogP contribution in [0, 0.1) is 15.5 Å². The van der Waals surface area contributed by atoms with Crippen molar-refractivity contribution in [1.29, 1.82) is 0 Å². The monoisotopic (exact) mass is 332 g/mol. The van der Waals surface area contributed by atoms with E-state index < -0.39 is 16.3 Å². The third-order valence-corrected chi connectivity index (χ3v) is 4.45. The summed E-state index contributed by atoms with van der Waals surface area (Å²) in [6.07, 6.45) is 3.33. The predicted octanol–water partition coefficient (Wildman–Crippen LogP) is 2.75. The van der Waals surface area contributed by atoms with Gasteiger partial charge in [0, 0.05) is 31.6 Å². The van der Waals surface area contributed by atoms with Crippen molar-refractivity contribution >= 4 is 17.6 Å². The van der Waals surface area contributed by atoms with E-state index in [0.29, 0.717) is 18.4 Å². The second-order valence-electron chi connectivity index (χ2n) is 6.11. The van der Waals surface area contributed by atoms with Crippen LogP contribution in [0.4, 0.5) is 5.69 Å². The van der Waals surface area contributed by atoms with Crippen LogP contribution < -0.4 is 0 Å². The number of rotatable bonds is 8. The van der Waals surface area contributed by atoms with E-state index in [-0.39, 0.29) is 31.1 Å². The van der Waals surface area contributed by atoms with Crippen molar-refractivity contribution in [2.24, 2.45) is 5.41 Å². The van der Waals surface area contributed by atoms with E-state index in [1.165, 1.54) is 17.0 Å². The fourth-order valence-electron chi connectivity index (χ4n) is 2.87. The molecule has 0 aromatic heterocycles. The Morgan fingerprint density at radius 3 is 2.62 bits per heavy atom. The van der Waals surface area contributed by atoms with Crippen molar-refractivity contribution in [3.63, 3.8) is 0 Å². The van der Waals surface area contributed by atoms with E-state index in [2.05, 4.69) is 6.58 Å². The molecule has 0 atom stereocenters. The Morgan fingerprint density at radius 1 is 1.42 bits per heavy atom. The normalized spacial score (nSPS) is 15.2. The first-order chi connectivity index (χ1) is 11.4. The molecule has 2 rings (SSSR count). The van der Waals surface area contributed by atoms with Gasteiger partial charge in [-0.25, -0.2) is 0 Å². The Bertz CT molecular complexity index is 667. The van der Waals surface area contributed by atoms with Gasteiger partial charge in [-0.05, 0) is 18.4 Å². The lowest BCUT2D eigenvalue weighted by Crippen LogP contribution is -2.43. The molecule has 1 amide bonds. The maximum atomic E-state index is 12.6. The molecule has 0 saturated heterocycles. The van der Waals surface area contributed by atoms with Crippen LogP contribution in [0.1, 0.15) is 31.2 Å². The molecule has 1 N–H and O–H groups in total. The summed E-state index contributed by atoms with van der Waals surface area (Å²) in [5, 5.41) is 20.2. The number of amides is 1. The zero-order valence-corrected chi connectivity index (χ0v) is 13.3. The molecule has 1 fully saturated rings. The number of nitro groups is 1. The average Bonchev–Trinajstić information content (AvgIpc) is 2.50. The van der Waals surface area contributed by atoms with E-state index in [1.54, 1.807) is 18.2 Å². The molecule has 0 spiro atoms. The molecular formula is C17H20N2O5. The Morgan fingerprint density at radius 2 is 2.12 bits per heavy atom. The number of carbonyl (C=O) groups is 2. The molecule has 0 heterocycles. The fraction of sp³-hybridized carbons (Fsp3) is 0.412. The number of carboxylic acid groups (broad SMARTS) is 1. The minimum absolute atomic E-state index is 0.0421. The molecule has 0 unspecified atom stereocenters. The molecule has 24 heavy (non-hydrogen) atoms. The van der Waals surface area contributed by atoms with Crippen LogP contribution in [0.15, 0.2) is 36.9 Å². The molecule has 1 aliphatic rings. The maximum Gasteiger partial charge on any atom is 0.310 e. The molecule has 0 bridgehead atoms. The van der Waals surface area contributed by atoms with E-state index in [9.17, 15) is 24.8 Å². The Balaban J connectivity index is 2.12.